The van der Waals surface area contributed by atoms with Gasteiger partial charge in [0.15, 0.2) is 0 Å². The average molecular weight is 213 g/mol. The molecule has 1 aliphatic heterocycles. The van der Waals surface area contributed by atoms with Crippen molar-refractivity contribution in [1.82, 2.24) is 5.32 Å². The maximum atomic E-state index is 5.73. The zero-order valence-electron chi connectivity index (χ0n) is 10.1. The summed E-state index contributed by atoms with van der Waals surface area (Å²) in [5.41, 5.74) is 0. The second-order valence-electron chi connectivity index (χ2n) is 3.68. The van der Waals surface area contributed by atoms with Gasteiger partial charge in [-0.1, -0.05) is 13.8 Å². The topological polar surface area (TPSA) is 30.5 Å². The van der Waals surface area contributed by atoms with Crippen LogP contribution in [0, 0.1) is 0 Å². The fraction of sp³-hybridized carbons (Fsp3) is 0.833. The van der Waals surface area contributed by atoms with E-state index in [2.05, 4.69) is 25.2 Å². The molecule has 88 valence electrons. The third-order valence-corrected chi connectivity index (χ3v) is 2.62. The van der Waals surface area contributed by atoms with Gasteiger partial charge in [-0.2, -0.15) is 0 Å². The molecule has 1 heterocycles. The van der Waals surface area contributed by atoms with Crippen molar-refractivity contribution in [3.8, 4) is 0 Å². The maximum absolute atomic E-state index is 5.73. The van der Waals surface area contributed by atoms with E-state index in [9.17, 15) is 0 Å². The zero-order valence-corrected chi connectivity index (χ0v) is 10.1. The molecule has 1 rings (SSSR count). The highest BCUT2D eigenvalue weighted by atomic mass is 16.5. The Morgan fingerprint density at radius 2 is 2.27 bits per heavy atom. The lowest BCUT2D eigenvalue weighted by Crippen LogP contribution is -2.42. The molecule has 0 saturated carbocycles. The van der Waals surface area contributed by atoms with Crippen LogP contribution in [-0.4, -0.2) is 31.9 Å². The Balaban J connectivity index is 2.61. The average Bonchev–Trinajstić information content (AvgIpc) is 2.76. The van der Waals surface area contributed by atoms with Gasteiger partial charge in [-0.15, -0.1) is 0 Å². The van der Waals surface area contributed by atoms with E-state index in [1.54, 1.807) is 0 Å². The Labute approximate surface area is 92.8 Å². The van der Waals surface area contributed by atoms with Gasteiger partial charge in [-0.05, 0) is 26.0 Å². The third kappa shape index (κ3) is 3.50. The molecule has 1 aliphatic rings. The van der Waals surface area contributed by atoms with E-state index in [0.29, 0.717) is 0 Å². The van der Waals surface area contributed by atoms with Crippen LogP contribution >= 0.6 is 0 Å². The monoisotopic (exact) mass is 213 g/mol. The summed E-state index contributed by atoms with van der Waals surface area (Å²) in [6.45, 7) is 8.82. The number of hydrogen-bond acceptors (Lipinski definition) is 3. The van der Waals surface area contributed by atoms with E-state index in [-0.39, 0.29) is 12.1 Å². The molecule has 0 amide bonds. The highest BCUT2D eigenvalue weighted by Gasteiger charge is 2.26. The first kappa shape index (κ1) is 12.5. The number of ether oxygens (including phenoxy) is 2. The predicted molar refractivity (Wildman–Crippen MR) is 61.8 cm³/mol. The molecule has 0 aliphatic carbocycles. The molecule has 2 atom stereocenters. The van der Waals surface area contributed by atoms with Crippen molar-refractivity contribution in [1.29, 1.82) is 0 Å². The van der Waals surface area contributed by atoms with Gasteiger partial charge in [0.25, 0.3) is 0 Å². The van der Waals surface area contributed by atoms with E-state index in [4.69, 9.17) is 9.47 Å². The van der Waals surface area contributed by atoms with Crippen LogP contribution in [0.4, 0.5) is 0 Å². The number of nitrogens with one attached hydrogen (secondary N) is 1. The standard InChI is InChI=1S/C12H23NO2/c1-4-10(14-6-3)12(13-5-2)11-8-7-9-15-11/h8,10,12-13H,4-7,9H2,1-3H3. The summed E-state index contributed by atoms with van der Waals surface area (Å²) in [7, 11) is 0. The maximum Gasteiger partial charge on any atom is 0.112 e. The number of likely N-dealkylation sites (N-methyl/N-ethyl adjacent to an activating group) is 1. The summed E-state index contributed by atoms with van der Waals surface area (Å²) in [6, 6.07) is 0.224. The first-order chi connectivity index (χ1) is 7.33. The summed E-state index contributed by atoms with van der Waals surface area (Å²) in [4.78, 5) is 0. The van der Waals surface area contributed by atoms with Gasteiger partial charge < -0.3 is 14.8 Å². The normalized spacial score (nSPS) is 19.5. The number of rotatable bonds is 7. The molecule has 1 N–H and O–H groups in total. The molecule has 0 aromatic heterocycles. The molecule has 0 aromatic rings. The van der Waals surface area contributed by atoms with Crippen molar-refractivity contribution in [2.75, 3.05) is 19.8 Å². The van der Waals surface area contributed by atoms with Crippen LogP contribution in [0.2, 0.25) is 0 Å². The second kappa shape index (κ2) is 6.85. The Hall–Kier alpha value is -0.540. The van der Waals surface area contributed by atoms with Crippen molar-refractivity contribution < 1.29 is 9.47 Å². The quantitative estimate of drug-likeness (QED) is 0.702. The van der Waals surface area contributed by atoms with E-state index in [1.165, 1.54) is 0 Å². The lowest BCUT2D eigenvalue weighted by molar-refractivity contribution is 0.0266. The SMILES string of the molecule is CCNC(C1=CCCO1)C(CC)OCC. The first-order valence-corrected chi connectivity index (χ1v) is 6.01. The number of hydrogen-bond donors (Lipinski definition) is 1. The lowest BCUT2D eigenvalue weighted by Gasteiger charge is -2.27. The second-order valence-corrected chi connectivity index (χ2v) is 3.68. The van der Waals surface area contributed by atoms with Crippen molar-refractivity contribution in [3.63, 3.8) is 0 Å². The Bertz CT molecular complexity index is 204. The molecule has 3 nitrogen and oxygen atoms in total. The van der Waals surface area contributed by atoms with Crippen LogP contribution in [0.15, 0.2) is 11.8 Å². The van der Waals surface area contributed by atoms with E-state index in [0.717, 1.165) is 38.4 Å². The van der Waals surface area contributed by atoms with Crippen LogP contribution in [-0.2, 0) is 9.47 Å². The molecule has 0 saturated heterocycles. The van der Waals surface area contributed by atoms with Gasteiger partial charge in [0.1, 0.15) is 5.76 Å². The predicted octanol–water partition coefficient (Wildman–Crippen LogP) is 2.08. The van der Waals surface area contributed by atoms with Crippen molar-refractivity contribution in [2.45, 2.75) is 45.8 Å². The van der Waals surface area contributed by atoms with Gasteiger partial charge in [0.2, 0.25) is 0 Å². The fourth-order valence-corrected chi connectivity index (χ4v) is 1.95. The first-order valence-electron chi connectivity index (χ1n) is 6.01. The van der Waals surface area contributed by atoms with Crippen LogP contribution < -0.4 is 5.32 Å². The summed E-state index contributed by atoms with van der Waals surface area (Å²) in [5.74, 6) is 1.07. The van der Waals surface area contributed by atoms with Gasteiger partial charge in [0.05, 0.1) is 18.8 Å². The molecule has 0 fully saturated rings. The highest BCUT2D eigenvalue weighted by Crippen LogP contribution is 2.19. The lowest BCUT2D eigenvalue weighted by atomic mass is 10.1. The van der Waals surface area contributed by atoms with E-state index >= 15 is 0 Å². The van der Waals surface area contributed by atoms with Crippen LogP contribution in [0.1, 0.15) is 33.6 Å². The minimum absolute atomic E-state index is 0.222. The van der Waals surface area contributed by atoms with Crippen LogP contribution in [0.3, 0.4) is 0 Å². The summed E-state index contributed by atoms with van der Waals surface area (Å²) in [6.07, 6.45) is 4.43. The molecule has 3 heteroatoms. The van der Waals surface area contributed by atoms with Crippen molar-refractivity contribution in [2.24, 2.45) is 0 Å². The summed E-state index contributed by atoms with van der Waals surface area (Å²) in [5, 5.41) is 3.44. The minimum Gasteiger partial charge on any atom is -0.496 e. The Morgan fingerprint density at radius 3 is 2.73 bits per heavy atom. The summed E-state index contributed by atoms with van der Waals surface area (Å²) < 4.78 is 11.4. The molecular weight excluding hydrogens is 190 g/mol. The molecule has 2 unspecified atom stereocenters. The van der Waals surface area contributed by atoms with Gasteiger partial charge in [-0.3, -0.25) is 0 Å². The van der Waals surface area contributed by atoms with Crippen LogP contribution in [0.5, 0.6) is 0 Å². The molecule has 15 heavy (non-hydrogen) atoms. The molecule has 0 spiro atoms. The highest BCUT2D eigenvalue weighted by molar-refractivity contribution is 5.09. The molecule has 0 aromatic carbocycles. The fourth-order valence-electron chi connectivity index (χ4n) is 1.95. The summed E-state index contributed by atoms with van der Waals surface area (Å²) >= 11 is 0. The molecular formula is C12H23NO2. The van der Waals surface area contributed by atoms with Crippen LogP contribution in [0.25, 0.3) is 0 Å². The van der Waals surface area contributed by atoms with E-state index < -0.39 is 0 Å². The van der Waals surface area contributed by atoms with Crippen molar-refractivity contribution >= 4 is 0 Å². The Morgan fingerprint density at radius 1 is 1.47 bits per heavy atom. The smallest absolute Gasteiger partial charge is 0.112 e. The minimum atomic E-state index is 0.222. The molecule has 0 bridgehead atoms. The largest absolute Gasteiger partial charge is 0.496 e. The van der Waals surface area contributed by atoms with E-state index in [1.807, 2.05) is 6.92 Å². The third-order valence-electron chi connectivity index (χ3n) is 2.62. The molecule has 0 radical (unpaired) electrons. The Kier molecular flexibility index (Phi) is 5.73. The zero-order chi connectivity index (χ0) is 11.1. The van der Waals surface area contributed by atoms with Gasteiger partial charge in [-0.25, -0.2) is 0 Å². The van der Waals surface area contributed by atoms with Crippen molar-refractivity contribution in [3.05, 3.63) is 11.8 Å². The van der Waals surface area contributed by atoms with Gasteiger partial charge >= 0.3 is 0 Å². The van der Waals surface area contributed by atoms with Gasteiger partial charge in [0, 0.05) is 13.0 Å².